The molecule has 1 aromatic rings. The maximum Gasteiger partial charge on any atom is 0.416 e. The highest BCUT2D eigenvalue weighted by Gasteiger charge is 2.33. The molecule has 94 valence electrons. The molecular formula is C13H15F3O. The van der Waals surface area contributed by atoms with Crippen molar-refractivity contribution in [3.8, 4) is 0 Å². The van der Waals surface area contributed by atoms with E-state index in [1.165, 1.54) is 19.1 Å². The third-order valence-electron chi connectivity index (χ3n) is 2.93. The number of hydrogen-bond acceptors (Lipinski definition) is 1. The summed E-state index contributed by atoms with van der Waals surface area (Å²) in [6.45, 7) is 4.81. The molecule has 0 spiro atoms. The van der Waals surface area contributed by atoms with E-state index in [4.69, 9.17) is 0 Å². The Bertz CT molecular complexity index is 421. The molecule has 0 N–H and O–H groups in total. The number of benzene rings is 1. The molecule has 0 saturated carbocycles. The first-order valence-corrected chi connectivity index (χ1v) is 5.47. The van der Waals surface area contributed by atoms with Crippen LogP contribution in [0.2, 0.25) is 0 Å². The normalized spacial score (nSPS) is 13.5. The quantitative estimate of drug-likeness (QED) is 0.786. The highest BCUT2D eigenvalue weighted by molar-refractivity contribution is 5.82. The summed E-state index contributed by atoms with van der Waals surface area (Å²) in [4.78, 5) is 11.2. The van der Waals surface area contributed by atoms with E-state index in [-0.39, 0.29) is 17.3 Å². The molecule has 17 heavy (non-hydrogen) atoms. The molecule has 0 aliphatic heterocycles. The molecule has 0 aliphatic rings. The lowest BCUT2D eigenvalue weighted by Gasteiger charge is -2.15. The van der Waals surface area contributed by atoms with E-state index < -0.39 is 11.7 Å². The summed E-state index contributed by atoms with van der Waals surface area (Å²) in [7, 11) is 0. The highest BCUT2D eigenvalue weighted by atomic mass is 19.4. The summed E-state index contributed by atoms with van der Waals surface area (Å²) in [6.07, 6.45) is -4.03. The fourth-order valence-corrected chi connectivity index (χ4v) is 1.69. The molecule has 1 unspecified atom stereocenters. The number of carbonyl (C=O) groups is 1. The molecule has 1 nitrogen and oxygen atoms in total. The Labute approximate surface area is 98.6 Å². The van der Waals surface area contributed by atoms with E-state index in [2.05, 4.69) is 0 Å². The number of hydrogen-bond donors (Lipinski definition) is 0. The summed E-state index contributed by atoms with van der Waals surface area (Å²) < 4.78 is 38.0. The van der Waals surface area contributed by atoms with Crippen LogP contribution in [-0.2, 0) is 17.4 Å². The van der Waals surface area contributed by atoms with Crippen LogP contribution in [0, 0.1) is 0 Å². The predicted molar refractivity (Wildman–Crippen MR) is 59.9 cm³/mol. The third-order valence-corrected chi connectivity index (χ3v) is 2.93. The smallest absolute Gasteiger partial charge is 0.299 e. The zero-order valence-electron chi connectivity index (χ0n) is 10.1. The Morgan fingerprint density at radius 2 is 1.94 bits per heavy atom. The number of carbonyl (C=O) groups excluding carboxylic acids is 1. The molecule has 4 heteroatoms. The van der Waals surface area contributed by atoms with Gasteiger partial charge in [0.2, 0.25) is 0 Å². The van der Waals surface area contributed by atoms with Crippen LogP contribution in [0.4, 0.5) is 13.2 Å². The van der Waals surface area contributed by atoms with Crippen LogP contribution < -0.4 is 0 Å². The lowest BCUT2D eigenvalue weighted by Crippen LogP contribution is -2.11. The first-order valence-electron chi connectivity index (χ1n) is 5.47. The zero-order chi connectivity index (χ0) is 13.2. The second-order valence-corrected chi connectivity index (χ2v) is 4.10. The van der Waals surface area contributed by atoms with Crippen molar-refractivity contribution in [2.24, 2.45) is 0 Å². The van der Waals surface area contributed by atoms with E-state index >= 15 is 0 Å². The zero-order valence-corrected chi connectivity index (χ0v) is 10.1. The van der Waals surface area contributed by atoms with Crippen LogP contribution in [0.25, 0.3) is 0 Å². The molecule has 0 amide bonds. The lowest BCUT2D eigenvalue weighted by molar-refractivity contribution is -0.138. The molecule has 1 rings (SSSR count). The molecule has 0 aromatic heterocycles. The van der Waals surface area contributed by atoms with Crippen molar-refractivity contribution < 1.29 is 18.0 Å². The van der Waals surface area contributed by atoms with Crippen molar-refractivity contribution >= 4 is 5.78 Å². The fraction of sp³-hybridized carbons (Fsp3) is 0.462. The molecule has 0 saturated heterocycles. The van der Waals surface area contributed by atoms with Gasteiger partial charge in [-0.3, -0.25) is 4.79 Å². The van der Waals surface area contributed by atoms with Gasteiger partial charge in [0.05, 0.1) is 5.56 Å². The number of Topliss-reactive ketones (excluding diaryl/α,β-unsaturated/α-hetero) is 1. The number of halogens is 3. The minimum Gasteiger partial charge on any atom is -0.299 e. The maximum absolute atomic E-state index is 12.7. The predicted octanol–water partition coefficient (Wildman–Crippen LogP) is 3.96. The Morgan fingerprint density at radius 3 is 2.35 bits per heavy atom. The molecule has 1 aromatic carbocycles. The number of aryl methyl sites for hydroxylation is 1. The first-order chi connectivity index (χ1) is 7.77. The van der Waals surface area contributed by atoms with Crippen LogP contribution >= 0.6 is 0 Å². The summed E-state index contributed by atoms with van der Waals surface area (Å²) in [6, 6.07) is 3.93. The van der Waals surface area contributed by atoms with Crippen molar-refractivity contribution in [3.63, 3.8) is 0 Å². The van der Waals surface area contributed by atoms with Gasteiger partial charge in [-0.25, -0.2) is 0 Å². The van der Waals surface area contributed by atoms with E-state index in [0.29, 0.717) is 12.0 Å². The minimum absolute atomic E-state index is 0.0492. The SMILES string of the molecule is CCc1cc(C(C)C(C)=O)ccc1C(F)(F)F. The van der Waals surface area contributed by atoms with Crippen LogP contribution in [0.15, 0.2) is 18.2 Å². The largest absolute Gasteiger partial charge is 0.416 e. The van der Waals surface area contributed by atoms with Crippen molar-refractivity contribution in [1.82, 2.24) is 0 Å². The monoisotopic (exact) mass is 244 g/mol. The van der Waals surface area contributed by atoms with Gasteiger partial charge in [0.1, 0.15) is 5.78 Å². The van der Waals surface area contributed by atoms with Gasteiger partial charge in [0.25, 0.3) is 0 Å². The first kappa shape index (κ1) is 13.7. The van der Waals surface area contributed by atoms with E-state index in [0.717, 1.165) is 6.07 Å². The van der Waals surface area contributed by atoms with Gasteiger partial charge in [-0.05, 0) is 30.5 Å². The summed E-state index contributed by atoms with van der Waals surface area (Å²) in [5, 5.41) is 0. The molecule has 0 radical (unpaired) electrons. The fourth-order valence-electron chi connectivity index (χ4n) is 1.69. The summed E-state index contributed by atoms with van der Waals surface area (Å²) >= 11 is 0. The third kappa shape index (κ3) is 3.08. The average Bonchev–Trinajstić information content (AvgIpc) is 2.25. The van der Waals surface area contributed by atoms with Gasteiger partial charge in [-0.2, -0.15) is 13.2 Å². The van der Waals surface area contributed by atoms with E-state index in [1.54, 1.807) is 13.8 Å². The molecule has 0 fully saturated rings. The van der Waals surface area contributed by atoms with Crippen LogP contribution in [0.5, 0.6) is 0 Å². The van der Waals surface area contributed by atoms with Gasteiger partial charge < -0.3 is 0 Å². The maximum atomic E-state index is 12.7. The van der Waals surface area contributed by atoms with Gasteiger partial charge in [-0.15, -0.1) is 0 Å². The molecule has 0 aliphatic carbocycles. The van der Waals surface area contributed by atoms with Gasteiger partial charge in [0, 0.05) is 5.92 Å². The number of ketones is 1. The Balaban J connectivity index is 3.22. The Hall–Kier alpha value is -1.32. The van der Waals surface area contributed by atoms with Crippen LogP contribution in [0.1, 0.15) is 43.4 Å². The van der Waals surface area contributed by atoms with Crippen molar-refractivity contribution in [2.75, 3.05) is 0 Å². The highest BCUT2D eigenvalue weighted by Crippen LogP contribution is 2.33. The summed E-state index contributed by atoms with van der Waals surface area (Å²) in [5.41, 5.74) is 0.268. The number of rotatable bonds is 3. The van der Waals surface area contributed by atoms with Gasteiger partial charge in [0.15, 0.2) is 0 Å². The Kier molecular flexibility index (Phi) is 3.96. The number of alkyl halides is 3. The second kappa shape index (κ2) is 4.90. The standard InChI is InChI=1S/C13H15F3O/c1-4-10-7-11(8(2)9(3)17)5-6-12(10)13(14,15)16/h5-8H,4H2,1-3H3. The van der Waals surface area contributed by atoms with Crippen molar-refractivity contribution in [3.05, 3.63) is 34.9 Å². The summed E-state index contributed by atoms with van der Waals surface area (Å²) in [5.74, 6) is -0.408. The van der Waals surface area contributed by atoms with Crippen LogP contribution in [-0.4, -0.2) is 5.78 Å². The van der Waals surface area contributed by atoms with Gasteiger partial charge in [-0.1, -0.05) is 26.0 Å². The molecule has 1 atom stereocenters. The van der Waals surface area contributed by atoms with Crippen LogP contribution in [0.3, 0.4) is 0 Å². The minimum atomic E-state index is -4.33. The molecular weight excluding hydrogens is 229 g/mol. The second-order valence-electron chi connectivity index (χ2n) is 4.10. The molecule has 0 heterocycles. The average molecular weight is 244 g/mol. The Morgan fingerprint density at radius 1 is 1.35 bits per heavy atom. The lowest BCUT2D eigenvalue weighted by atomic mass is 9.93. The van der Waals surface area contributed by atoms with E-state index in [9.17, 15) is 18.0 Å². The molecule has 0 bridgehead atoms. The van der Waals surface area contributed by atoms with Crippen molar-refractivity contribution in [2.45, 2.75) is 39.3 Å². The van der Waals surface area contributed by atoms with E-state index in [1.807, 2.05) is 0 Å². The topological polar surface area (TPSA) is 17.1 Å². The van der Waals surface area contributed by atoms with Gasteiger partial charge >= 0.3 is 6.18 Å². The van der Waals surface area contributed by atoms with Crippen molar-refractivity contribution in [1.29, 1.82) is 0 Å².